The summed E-state index contributed by atoms with van der Waals surface area (Å²) in [6.07, 6.45) is 0.769. The van der Waals surface area contributed by atoms with Crippen molar-refractivity contribution in [3.63, 3.8) is 0 Å². The van der Waals surface area contributed by atoms with Gasteiger partial charge in [0.15, 0.2) is 0 Å². The Morgan fingerprint density at radius 1 is 1.00 bits per heavy atom. The van der Waals surface area contributed by atoms with E-state index in [0.29, 0.717) is 23.4 Å². The number of carbonyl (C=O) groups is 2. The standard InChI is InChI=1S/C17H19N3O2/c1-19(2)6-3-7-20-16(21)14-9-11-4-5-13(18)8-12(11)10-15(14)17(20)22/h4-5,8-10H,3,6-7,18H2,1-2H3. The van der Waals surface area contributed by atoms with Crippen LogP contribution in [0.2, 0.25) is 0 Å². The fraction of sp³-hybridized carbons (Fsp3) is 0.294. The second-order valence-electron chi connectivity index (χ2n) is 5.92. The number of fused-ring (bicyclic) bond motifs is 2. The van der Waals surface area contributed by atoms with Crippen LogP contribution in [0.3, 0.4) is 0 Å². The summed E-state index contributed by atoms with van der Waals surface area (Å²) in [5.74, 6) is -0.402. The van der Waals surface area contributed by atoms with E-state index in [-0.39, 0.29) is 11.8 Å². The Balaban J connectivity index is 1.93. The molecule has 0 radical (unpaired) electrons. The molecule has 2 N–H and O–H groups in total. The van der Waals surface area contributed by atoms with E-state index in [9.17, 15) is 9.59 Å². The molecule has 1 heterocycles. The van der Waals surface area contributed by atoms with Gasteiger partial charge in [0.2, 0.25) is 0 Å². The lowest BCUT2D eigenvalue weighted by Gasteiger charge is -2.15. The molecule has 1 aliphatic rings. The normalized spacial score (nSPS) is 14.2. The van der Waals surface area contributed by atoms with Crippen molar-refractivity contribution in [3.05, 3.63) is 41.5 Å². The summed E-state index contributed by atoms with van der Waals surface area (Å²) in [6.45, 7) is 1.29. The SMILES string of the molecule is CN(C)CCCN1C(=O)c2cc3ccc(N)cc3cc2C1=O. The summed E-state index contributed by atoms with van der Waals surface area (Å²) in [5.41, 5.74) is 7.40. The van der Waals surface area contributed by atoms with Crippen molar-refractivity contribution >= 4 is 28.3 Å². The van der Waals surface area contributed by atoms with Crippen LogP contribution in [0.1, 0.15) is 27.1 Å². The first-order valence-corrected chi connectivity index (χ1v) is 7.31. The highest BCUT2D eigenvalue weighted by Crippen LogP contribution is 2.29. The number of nitrogens with two attached hydrogens (primary N) is 1. The first kappa shape index (κ1) is 14.5. The lowest BCUT2D eigenvalue weighted by Crippen LogP contribution is -2.32. The van der Waals surface area contributed by atoms with Crippen LogP contribution in [0.15, 0.2) is 30.3 Å². The fourth-order valence-corrected chi connectivity index (χ4v) is 2.80. The van der Waals surface area contributed by atoms with Gasteiger partial charge in [-0.25, -0.2) is 0 Å². The van der Waals surface area contributed by atoms with Crippen molar-refractivity contribution in [2.45, 2.75) is 6.42 Å². The molecule has 3 rings (SSSR count). The van der Waals surface area contributed by atoms with Gasteiger partial charge >= 0.3 is 0 Å². The molecule has 5 heteroatoms. The average molecular weight is 297 g/mol. The highest BCUT2D eigenvalue weighted by Gasteiger charge is 2.35. The summed E-state index contributed by atoms with van der Waals surface area (Å²) in [5, 5.41) is 1.80. The van der Waals surface area contributed by atoms with E-state index in [0.717, 1.165) is 23.7 Å². The molecule has 1 aliphatic heterocycles. The number of rotatable bonds is 4. The van der Waals surface area contributed by atoms with Crippen LogP contribution in [0.4, 0.5) is 5.69 Å². The van der Waals surface area contributed by atoms with E-state index >= 15 is 0 Å². The van der Waals surface area contributed by atoms with Gasteiger partial charge in [-0.05, 0) is 62.1 Å². The lowest BCUT2D eigenvalue weighted by molar-refractivity contribution is 0.0649. The predicted molar refractivity (Wildman–Crippen MR) is 86.9 cm³/mol. The van der Waals surface area contributed by atoms with Gasteiger partial charge in [0.05, 0.1) is 11.1 Å². The maximum absolute atomic E-state index is 12.5. The third kappa shape index (κ3) is 2.44. The zero-order valence-corrected chi connectivity index (χ0v) is 12.8. The maximum Gasteiger partial charge on any atom is 0.261 e. The van der Waals surface area contributed by atoms with Crippen LogP contribution >= 0.6 is 0 Å². The summed E-state index contributed by atoms with van der Waals surface area (Å²) in [6, 6.07) is 9.05. The molecular weight excluding hydrogens is 278 g/mol. The van der Waals surface area contributed by atoms with Crippen LogP contribution in [-0.2, 0) is 0 Å². The van der Waals surface area contributed by atoms with Gasteiger partial charge in [-0.15, -0.1) is 0 Å². The number of amides is 2. The largest absolute Gasteiger partial charge is 0.399 e. The molecule has 0 unspecified atom stereocenters. The second kappa shape index (κ2) is 5.42. The summed E-state index contributed by atoms with van der Waals surface area (Å²) < 4.78 is 0. The fourth-order valence-electron chi connectivity index (χ4n) is 2.80. The molecule has 22 heavy (non-hydrogen) atoms. The molecule has 0 fully saturated rings. The Hall–Kier alpha value is -2.40. The van der Waals surface area contributed by atoms with Crippen molar-refractivity contribution < 1.29 is 9.59 Å². The lowest BCUT2D eigenvalue weighted by atomic mass is 10.0. The number of nitrogens with zero attached hydrogens (tertiary/aromatic N) is 2. The number of imide groups is 1. The highest BCUT2D eigenvalue weighted by molar-refractivity contribution is 6.23. The Bertz CT molecular complexity index is 768. The van der Waals surface area contributed by atoms with Gasteiger partial charge in [-0.2, -0.15) is 0 Å². The Labute approximate surface area is 129 Å². The van der Waals surface area contributed by atoms with E-state index in [1.165, 1.54) is 4.90 Å². The molecule has 0 saturated carbocycles. The quantitative estimate of drug-likeness (QED) is 0.692. The minimum absolute atomic E-state index is 0.197. The van der Waals surface area contributed by atoms with Crippen molar-refractivity contribution in [3.8, 4) is 0 Å². The molecule has 0 aromatic heterocycles. The van der Waals surface area contributed by atoms with Crippen molar-refractivity contribution in [1.29, 1.82) is 0 Å². The molecule has 2 aromatic carbocycles. The average Bonchev–Trinajstić information content (AvgIpc) is 2.69. The van der Waals surface area contributed by atoms with Crippen molar-refractivity contribution in [1.82, 2.24) is 9.80 Å². The third-order valence-corrected chi connectivity index (χ3v) is 3.94. The molecule has 2 aromatic rings. The van der Waals surface area contributed by atoms with Gasteiger partial charge in [0.25, 0.3) is 11.8 Å². The monoisotopic (exact) mass is 297 g/mol. The molecule has 114 valence electrons. The van der Waals surface area contributed by atoms with Crippen molar-refractivity contribution in [2.24, 2.45) is 0 Å². The third-order valence-electron chi connectivity index (χ3n) is 3.94. The van der Waals surface area contributed by atoms with E-state index in [1.54, 1.807) is 18.2 Å². The first-order valence-electron chi connectivity index (χ1n) is 7.31. The van der Waals surface area contributed by atoms with Crippen LogP contribution in [0, 0.1) is 0 Å². The Morgan fingerprint density at radius 2 is 1.64 bits per heavy atom. The van der Waals surface area contributed by atoms with Crippen LogP contribution in [0.5, 0.6) is 0 Å². The van der Waals surface area contributed by atoms with Gasteiger partial charge < -0.3 is 10.6 Å². The molecule has 0 aliphatic carbocycles. The zero-order chi connectivity index (χ0) is 15.9. The molecule has 2 amide bonds. The minimum atomic E-state index is -0.205. The highest BCUT2D eigenvalue weighted by atomic mass is 16.2. The Morgan fingerprint density at radius 3 is 2.27 bits per heavy atom. The van der Waals surface area contributed by atoms with E-state index < -0.39 is 0 Å². The van der Waals surface area contributed by atoms with E-state index in [4.69, 9.17) is 5.73 Å². The number of benzene rings is 2. The molecule has 0 spiro atoms. The second-order valence-corrected chi connectivity index (χ2v) is 5.92. The minimum Gasteiger partial charge on any atom is -0.399 e. The van der Waals surface area contributed by atoms with Crippen LogP contribution in [0.25, 0.3) is 10.8 Å². The number of carbonyl (C=O) groups excluding carboxylic acids is 2. The van der Waals surface area contributed by atoms with Gasteiger partial charge in [0.1, 0.15) is 0 Å². The number of anilines is 1. The maximum atomic E-state index is 12.5. The van der Waals surface area contributed by atoms with E-state index in [2.05, 4.69) is 0 Å². The molecule has 0 bridgehead atoms. The van der Waals surface area contributed by atoms with E-state index in [1.807, 2.05) is 31.1 Å². The number of hydrogen-bond acceptors (Lipinski definition) is 4. The number of nitrogen functional groups attached to an aromatic ring is 1. The predicted octanol–water partition coefficient (Wildman–Crippen LogP) is 1.97. The first-order chi connectivity index (χ1) is 10.5. The topological polar surface area (TPSA) is 66.6 Å². The summed E-state index contributed by atoms with van der Waals surface area (Å²) in [4.78, 5) is 28.3. The molecular formula is C17H19N3O2. The van der Waals surface area contributed by atoms with Crippen LogP contribution in [-0.4, -0.2) is 48.8 Å². The summed E-state index contributed by atoms with van der Waals surface area (Å²) >= 11 is 0. The molecule has 0 atom stereocenters. The summed E-state index contributed by atoms with van der Waals surface area (Å²) in [7, 11) is 3.94. The van der Waals surface area contributed by atoms with Crippen LogP contribution < -0.4 is 5.73 Å². The number of hydrogen-bond donors (Lipinski definition) is 1. The smallest absolute Gasteiger partial charge is 0.261 e. The van der Waals surface area contributed by atoms with Gasteiger partial charge in [0, 0.05) is 12.2 Å². The van der Waals surface area contributed by atoms with Gasteiger partial charge in [-0.1, -0.05) is 6.07 Å². The molecule has 5 nitrogen and oxygen atoms in total. The van der Waals surface area contributed by atoms with Crippen molar-refractivity contribution in [2.75, 3.05) is 32.9 Å². The van der Waals surface area contributed by atoms with Gasteiger partial charge in [-0.3, -0.25) is 14.5 Å². The molecule has 0 saturated heterocycles. The zero-order valence-electron chi connectivity index (χ0n) is 12.8. The Kier molecular flexibility index (Phi) is 3.58.